The largest absolute Gasteiger partial charge is 0.394 e. The fourth-order valence-electron chi connectivity index (χ4n) is 2.11. The molecule has 1 fully saturated rings. The molecule has 2 atom stereocenters. The van der Waals surface area contributed by atoms with Crippen LogP contribution in [-0.4, -0.2) is 38.1 Å². The highest BCUT2D eigenvalue weighted by Crippen LogP contribution is 2.19. The molecule has 1 heterocycles. The fourth-order valence-corrected chi connectivity index (χ4v) is 2.11. The topological polar surface area (TPSA) is 64.7 Å². The Morgan fingerprint density at radius 1 is 1.39 bits per heavy atom. The predicted molar refractivity (Wildman–Crippen MR) is 69.1 cm³/mol. The van der Waals surface area contributed by atoms with Crippen molar-refractivity contribution < 1.29 is 14.6 Å². The molecule has 1 aliphatic heterocycles. The van der Waals surface area contributed by atoms with Gasteiger partial charge in [0.25, 0.3) is 0 Å². The van der Waals surface area contributed by atoms with Gasteiger partial charge in [-0.15, -0.1) is 0 Å². The first kappa shape index (κ1) is 13.5. The minimum atomic E-state index is -0.819. The zero-order chi connectivity index (χ0) is 12.8. The molecule has 0 saturated carbocycles. The standard InChI is InChI=1S/C14H21NO3/c15-14(10-16,13-4-2-1-3-5-13)11-18-9-12-6-7-17-8-12/h1-5,12,16H,6-11,15H2. The number of ether oxygens (including phenoxy) is 2. The monoisotopic (exact) mass is 251 g/mol. The normalized spacial score (nSPS) is 22.9. The van der Waals surface area contributed by atoms with Gasteiger partial charge in [0, 0.05) is 12.5 Å². The molecule has 18 heavy (non-hydrogen) atoms. The van der Waals surface area contributed by atoms with Crippen molar-refractivity contribution in [3.05, 3.63) is 35.9 Å². The Kier molecular flexibility index (Phi) is 4.72. The second-order valence-electron chi connectivity index (χ2n) is 4.93. The second kappa shape index (κ2) is 6.29. The van der Waals surface area contributed by atoms with Crippen LogP contribution in [0.1, 0.15) is 12.0 Å². The van der Waals surface area contributed by atoms with E-state index in [9.17, 15) is 5.11 Å². The minimum Gasteiger partial charge on any atom is -0.394 e. The molecule has 2 rings (SSSR count). The highest BCUT2D eigenvalue weighted by Gasteiger charge is 2.27. The first-order valence-corrected chi connectivity index (χ1v) is 6.35. The first-order valence-electron chi connectivity index (χ1n) is 6.35. The lowest BCUT2D eigenvalue weighted by Crippen LogP contribution is -2.45. The summed E-state index contributed by atoms with van der Waals surface area (Å²) >= 11 is 0. The van der Waals surface area contributed by atoms with Gasteiger partial charge in [0.05, 0.1) is 32.0 Å². The van der Waals surface area contributed by atoms with E-state index < -0.39 is 5.54 Å². The van der Waals surface area contributed by atoms with Crippen LogP contribution >= 0.6 is 0 Å². The zero-order valence-electron chi connectivity index (χ0n) is 10.5. The van der Waals surface area contributed by atoms with E-state index in [0.717, 1.165) is 25.2 Å². The molecule has 0 radical (unpaired) electrons. The van der Waals surface area contributed by atoms with Gasteiger partial charge in [0.15, 0.2) is 0 Å². The first-order chi connectivity index (χ1) is 8.74. The van der Waals surface area contributed by atoms with E-state index in [4.69, 9.17) is 15.2 Å². The Labute approximate surface area is 108 Å². The smallest absolute Gasteiger partial charge is 0.0881 e. The molecule has 3 N–H and O–H groups in total. The maximum atomic E-state index is 9.50. The van der Waals surface area contributed by atoms with Crippen LogP contribution in [-0.2, 0) is 15.0 Å². The fraction of sp³-hybridized carbons (Fsp3) is 0.571. The van der Waals surface area contributed by atoms with Crippen LogP contribution in [0, 0.1) is 5.92 Å². The van der Waals surface area contributed by atoms with Crippen molar-refractivity contribution in [3.63, 3.8) is 0 Å². The van der Waals surface area contributed by atoms with Crippen molar-refractivity contribution in [2.75, 3.05) is 33.0 Å². The SMILES string of the molecule is NC(CO)(COCC1CCOC1)c1ccccc1. The van der Waals surface area contributed by atoms with Gasteiger partial charge < -0.3 is 20.3 Å². The van der Waals surface area contributed by atoms with Crippen LogP contribution in [0.25, 0.3) is 0 Å². The molecule has 1 aromatic carbocycles. The summed E-state index contributed by atoms with van der Waals surface area (Å²) in [6, 6.07) is 9.59. The number of nitrogens with two attached hydrogens (primary N) is 1. The molecule has 4 heteroatoms. The van der Waals surface area contributed by atoms with Crippen LogP contribution in [0.4, 0.5) is 0 Å². The van der Waals surface area contributed by atoms with Gasteiger partial charge in [-0.2, -0.15) is 0 Å². The Hall–Kier alpha value is -0.940. The predicted octanol–water partition coefficient (Wildman–Crippen LogP) is 0.886. The van der Waals surface area contributed by atoms with E-state index in [-0.39, 0.29) is 6.61 Å². The Balaban J connectivity index is 1.87. The summed E-state index contributed by atoms with van der Waals surface area (Å²) in [6.45, 7) is 2.43. The number of hydrogen-bond acceptors (Lipinski definition) is 4. The summed E-state index contributed by atoms with van der Waals surface area (Å²) in [6.07, 6.45) is 1.04. The Bertz CT molecular complexity index is 351. The van der Waals surface area contributed by atoms with Gasteiger partial charge in [0.2, 0.25) is 0 Å². The van der Waals surface area contributed by atoms with Crippen molar-refractivity contribution in [1.29, 1.82) is 0 Å². The molecule has 2 unspecified atom stereocenters. The molecule has 0 amide bonds. The molecular weight excluding hydrogens is 230 g/mol. The summed E-state index contributed by atoms with van der Waals surface area (Å²) in [5.74, 6) is 0.462. The van der Waals surface area contributed by atoms with Gasteiger partial charge in [-0.3, -0.25) is 0 Å². The molecule has 0 spiro atoms. The van der Waals surface area contributed by atoms with Crippen molar-refractivity contribution in [2.24, 2.45) is 11.7 Å². The van der Waals surface area contributed by atoms with Crippen molar-refractivity contribution in [1.82, 2.24) is 0 Å². The summed E-state index contributed by atoms with van der Waals surface area (Å²) < 4.78 is 11.0. The molecule has 4 nitrogen and oxygen atoms in total. The van der Waals surface area contributed by atoms with Crippen LogP contribution in [0.2, 0.25) is 0 Å². The summed E-state index contributed by atoms with van der Waals surface area (Å²) in [5, 5.41) is 9.50. The van der Waals surface area contributed by atoms with Gasteiger partial charge in [-0.05, 0) is 12.0 Å². The van der Waals surface area contributed by atoms with E-state index >= 15 is 0 Å². The average Bonchev–Trinajstić information content (AvgIpc) is 2.93. The lowest BCUT2D eigenvalue weighted by molar-refractivity contribution is 0.0327. The van der Waals surface area contributed by atoms with E-state index in [1.54, 1.807) is 0 Å². The molecule has 0 aromatic heterocycles. The Morgan fingerprint density at radius 2 is 2.17 bits per heavy atom. The van der Waals surface area contributed by atoms with Gasteiger partial charge in [-0.25, -0.2) is 0 Å². The maximum absolute atomic E-state index is 9.50. The third kappa shape index (κ3) is 3.29. The molecular formula is C14H21NO3. The highest BCUT2D eigenvalue weighted by molar-refractivity contribution is 5.24. The van der Waals surface area contributed by atoms with Crippen LogP contribution in [0.3, 0.4) is 0 Å². The summed E-state index contributed by atoms with van der Waals surface area (Å²) in [7, 11) is 0. The summed E-state index contributed by atoms with van der Waals surface area (Å²) in [4.78, 5) is 0. The van der Waals surface area contributed by atoms with Crippen LogP contribution < -0.4 is 5.73 Å². The zero-order valence-corrected chi connectivity index (χ0v) is 10.5. The molecule has 1 aromatic rings. The lowest BCUT2D eigenvalue weighted by atomic mass is 9.93. The molecule has 100 valence electrons. The second-order valence-corrected chi connectivity index (χ2v) is 4.93. The minimum absolute atomic E-state index is 0.127. The van der Waals surface area contributed by atoms with E-state index in [2.05, 4.69) is 0 Å². The molecule has 0 aliphatic carbocycles. The maximum Gasteiger partial charge on any atom is 0.0881 e. The molecule has 1 saturated heterocycles. The van der Waals surface area contributed by atoms with Gasteiger partial charge >= 0.3 is 0 Å². The van der Waals surface area contributed by atoms with Crippen LogP contribution in [0.5, 0.6) is 0 Å². The van der Waals surface area contributed by atoms with Crippen molar-refractivity contribution in [2.45, 2.75) is 12.0 Å². The van der Waals surface area contributed by atoms with Crippen molar-refractivity contribution in [3.8, 4) is 0 Å². The quantitative estimate of drug-likeness (QED) is 0.788. The van der Waals surface area contributed by atoms with Gasteiger partial charge in [-0.1, -0.05) is 30.3 Å². The molecule has 0 bridgehead atoms. The number of benzene rings is 1. The lowest BCUT2D eigenvalue weighted by Gasteiger charge is -2.28. The van der Waals surface area contributed by atoms with Gasteiger partial charge in [0.1, 0.15) is 0 Å². The molecule has 1 aliphatic rings. The van der Waals surface area contributed by atoms with Crippen LogP contribution in [0.15, 0.2) is 30.3 Å². The van der Waals surface area contributed by atoms with Crippen molar-refractivity contribution >= 4 is 0 Å². The van der Waals surface area contributed by atoms with E-state index in [1.165, 1.54) is 0 Å². The summed E-state index contributed by atoms with van der Waals surface area (Å²) in [5.41, 5.74) is 6.28. The van der Waals surface area contributed by atoms with E-state index in [0.29, 0.717) is 19.1 Å². The highest BCUT2D eigenvalue weighted by atomic mass is 16.5. The third-order valence-electron chi connectivity index (χ3n) is 3.37. The average molecular weight is 251 g/mol. The number of hydrogen-bond donors (Lipinski definition) is 2. The van der Waals surface area contributed by atoms with E-state index in [1.807, 2.05) is 30.3 Å². The number of aliphatic hydroxyl groups excluding tert-OH is 1. The number of rotatable bonds is 6. The number of aliphatic hydroxyl groups is 1. The Morgan fingerprint density at radius 3 is 2.78 bits per heavy atom. The third-order valence-corrected chi connectivity index (χ3v) is 3.37.